The van der Waals surface area contributed by atoms with Crippen LogP contribution in [0, 0.1) is 0 Å². The van der Waals surface area contributed by atoms with Gasteiger partial charge in [0.15, 0.2) is 6.10 Å². The molecular weight excluding hydrogens is 846 g/mol. The van der Waals surface area contributed by atoms with Gasteiger partial charge >= 0.3 is 19.8 Å². The lowest BCUT2D eigenvalue weighted by atomic mass is 10.0. The molecule has 3 N–H and O–H groups in total. The van der Waals surface area contributed by atoms with Crippen LogP contribution in [0.2, 0.25) is 0 Å². The molecular formula is C56H106NO8P. The van der Waals surface area contributed by atoms with Crippen molar-refractivity contribution in [2.75, 3.05) is 26.4 Å². The predicted octanol–water partition coefficient (Wildman–Crippen LogP) is 17.2. The zero-order chi connectivity index (χ0) is 48.1. The van der Waals surface area contributed by atoms with Gasteiger partial charge in [0.2, 0.25) is 0 Å². The molecule has 0 amide bonds. The quantitative estimate of drug-likeness (QED) is 0.0264. The van der Waals surface area contributed by atoms with Crippen molar-refractivity contribution in [3.8, 4) is 0 Å². The second kappa shape index (κ2) is 52.6. The van der Waals surface area contributed by atoms with Crippen molar-refractivity contribution in [1.82, 2.24) is 0 Å². The Balaban J connectivity index is 3.91. The summed E-state index contributed by atoms with van der Waals surface area (Å²) in [6.07, 6.45) is 62.1. The summed E-state index contributed by atoms with van der Waals surface area (Å²) in [7, 11) is -4.39. The van der Waals surface area contributed by atoms with Crippen molar-refractivity contribution in [3.05, 3.63) is 36.5 Å². The Morgan fingerprint density at radius 1 is 0.455 bits per heavy atom. The van der Waals surface area contributed by atoms with Crippen molar-refractivity contribution in [1.29, 1.82) is 0 Å². The Morgan fingerprint density at radius 3 is 1.18 bits per heavy atom. The van der Waals surface area contributed by atoms with E-state index in [-0.39, 0.29) is 38.6 Å². The number of carbonyl (C=O) groups excluding carboxylic acids is 2. The van der Waals surface area contributed by atoms with Crippen LogP contribution in [0.3, 0.4) is 0 Å². The summed E-state index contributed by atoms with van der Waals surface area (Å²) in [5.41, 5.74) is 5.37. The van der Waals surface area contributed by atoms with E-state index >= 15 is 0 Å². The number of ether oxygens (including phenoxy) is 2. The summed E-state index contributed by atoms with van der Waals surface area (Å²) < 4.78 is 32.9. The molecule has 0 aromatic rings. The maximum absolute atomic E-state index is 12.6. The van der Waals surface area contributed by atoms with E-state index < -0.39 is 26.5 Å². The number of phosphoric ester groups is 1. The number of unbranched alkanes of at least 4 members (excludes halogenated alkanes) is 34. The van der Waals surface area contributed by atoms with Crippen molar-refractivity contribution in [2.45, 2.75) is 283 Å². The largest absolute Gasteiger partial charge is 0.472 e. The van der Waals surface area contributed by atoms with E-state index in [0.29, 0.717) is 6.42 Å². The van der Waals surface area contributed by atoms with Gasteiger partial charge in [-0.25, -0.2) is 4.57 Å². The summed E-state index contributed by atoms with van der Waals surface area (Å²) in [5.74, 6) is -0.833. The summed E-state index contributed by atoms with van der Waals surface area (Å²) in [5, 5.41) is 0. The van der Waals surface area contributed by atoms with Gasteiger partial charge in [-0.05, 0) is 70.6 Å². The second-order valence-corrected chi connectivity index (χ2v) is 20.3. The molecule has 66 heavy (non-hydrogen) atoms. The van der Waals surface area contributed by atoms with Crippen LogP contribution in [0.5, 0.6) is 0 Å². The number of phosphoric acid groups is 1. The van der Waals surface area contributed by atoms with Crippen LogP contribution in [0.25, 0.3) is 0 Å². The highest BCUT2D eigenvalue weighted by Gasteiger charge is 2.26. The van der Waals surface area contributed by atoms with Gasteiger partial charge < -0.3 is 20.1 Å². The predicted molar refractivity (Wildman–Crippen MR) is 280 cm³/mol. The zero-order valence-corrected chi connectivity index (χ0v) is 44.1. The fraction of sp³-hybridized carbons (Fsp3) is 0.857. The molecule has 0 heterocycles. The van der Waals surface area contributed by atoms with E-state index in [2.05, 4.69) is 50.3 Å². The van der Waals surface area contributed by atoms with E-state index in [1.165, 1.54) is 186 Å². The molecule has 0 bridgehead atoms. The van der Waals surface area contributed by atoms with Crippen LogP contribution in [-0.2, 0) is 32.7 Å². The van der Waals surface area contributed by atoms with E-state index in [1.807, 2.05) is 0 Å². The highest BCUT2D eigenvalue weighted by atomic mass is 31.2. The molecule has 0 aliphatic rings. The van der Waals surface area contributed by atoms with Crippen molar-refractivity contribution in [3.63, 3.8) is 0 Å². The van der Waals surface area contributed by atoms with Crippen molar-refractivity contribution >= 4 is 19.8 Å². The summed E-state index contributed by atoms with van der Waals surface area (Å²) in [4.78, 5) is 35.1. The molecule has 0 fully saturated rings. The fourth-order valence-electron chi connectivity index (χ4n) is 8.07. The third kappa shape index (κ3) is 51.6. The SMILES string of the molecule is CCCCCC/C=C\C/C=C\CCCCCCCC(=O)OC(COC(=O)CCCCCCCCCCCCCCCCCCC/C=C\CCCCCCCCCC)COP(=O)(O)OCCN. The molecule has 0 spiro atoms. The molecule has 0 radical (unpaired) electrons. The van der Waals surface area contributed by atoms with Crippen LogP contribution in [0.15, 0.2) is 36.5 Å². The summed E-state index contributed by atoms with van der Waals surface area (Å²) in [6, 6.07) is 0. The molecule has 0 aliphatic carbocycles. The van der Waals surface area contributed by atoms with E-state index in [1.54, 1.807) is 0 Å². The first kappa shape index (κ1) is 64.2. The van der Waals surface area contributed by atoms with E-state index in [9.17, 15) is 19.0 Å². The van der Waals surface area contributed by atoms with Crippen LogP contribution in [0.4, 0.5) is 0 Å². The normalized spacial score (nSPS) is 13.3. The molecule has 2 atom stereocenters. The molecule has 2 unspecified atom stereocenters. The molecule has 0 aromatic carbocycles. The standard InChI is InChI=1S/C56H106NO8P/c1-3-5-7-9-11-13-15-17-19-21-22-23-24-25-26-27-28-29-30-31-32-33-35-36-38-40-42-44-46-48-55(58)62-52-54(53-64-66(60,61)63-51-50-57)65-56(59)49-47-45-43-41-39-37-34-20-18-16-14-12-10-8-6-4-2/h14,16,20-22,34,54H,3-13,15,17-19,23-33,35-53,57H2,1-2H3,(H,60,61)/b16-14-,22-21-,34-20-. The van der Waals surface area contributed by atoms with Gasteiger partial charge in [-0.3, -0.25) is 18.6 Å². The highest BCUT2D eigenvalue weighted by Crippen LogP contribution is 2.43. The molecule has 0 saturated carbocycles. The number of rotatable bonds is 53. The van der Waals surface area contributed by atoms with Gasteiger partial charge in [-0.1, -0.05) is 230 Å². The molecule has 388 valence electrons. The third-order valence-corrected chi connectivity index (χ3v) is 13.2. The average Bonchev–Trinajstić information content (AvgIpc) is 3.31. The zero-order valence-electron chi connectivity index (χ0n) is 43.2. The number of hydrogen-bond acceptors (Lipinski definition) is 8. The van der Waals surface area contributed by atoms with Crippen LogP contribution in [0.1, 0.15) is 277 Å². The van der Waals surface area contributed by atoms with Gasteiger partial charge in [0.25, 0.3) is 0 Å². The lowest BCUT2D eigenvalue weighted by molar-refractivity contribution is -0.161. The van der Waals surface area contributed by atoms with Crippen LogP contribution >= 0.6 is 7.82 Å². The topological polar surface area (TPSA) is 134 Å². The molecule has 0 aliphatic heterocycles. The molecule has 0 rings (SSSR count). The Kier molecular flexibility index (Phi) is 51.2. The Bertz CT molecular complexity index is 1180. The van der Waals surface area contributed by atoms with Crippen molar-refractivity contribution < 1.29 is 37.6 Å². The minimum Gasteiger partial charge on any atom is -0.462 e. The lowest BCUT2D eigenvalue weighted by Crippen LogP contribution is -2.29. The summed E-state index contributed by atoms with van der Waals surface area (Å²) >= 11 is 0. The number of hydrogen-bond donors (Lipinski definition) is 2. The minimum absolute atomic E-state index is 0.0517. The summed E-state index contributed by atoms with van der Waals surface area (Å²) in [6.45, 7) is 3.74. The second-order valence-electron chi connectivity index (χ2n) is 18.8. The van der Waals surface area contributed by atoms with Crippen molar-refractivity contribution in [2.24, 2.45) is 5.73 Å². The minimum atomic E-state index is -4.39. The molecule has 0 saturated heterocycles. The first-order valence-electron chi connectivity index (χ1n) is 28.0. The highest BCUT2D eigenvalue weighted by molar-refractivity contribution is 7.47. The smallest absolute Gasteiger partial charge is 0.462 e. The Hall–Kier alpha value is -1.77. The lowest BCUT2D eigenvalue weighted by Gasteiger charge is -2.19. The maximum atomic E-state index is 12.6. The van der Waals surface area contributed by atoms with Gasteiger partial charge in [0, 0.05) is 19.4 Å². The van der Waals surface area contributed by atoms with E-state index in [4.69, 9.17) is 24.3 Å². The number of esters is 2. The number of carbonyl (C=O) groups is 2. The number of nitrogens with two attached hydrogens (primary N) is 1. The fourth-order valence-corrected chi connectivity index (χ4v) is 8.84. The maximum Gasteiger partial charge on any atom is 0.472 e. The van der Waals surface area contributed by atoms with Crippen LogP contribution < -0.4 is 5.73 Å². The van der Waals surface area contributed by atoms with Gasteiger partial charge in [0.1, 0.15) is 6.61 Å². The molecule has 10 heteroatoms. The number of allylic oxidation sites excluding steroid dienone is 6. The Morgan fingerprint density at radius 2 is 0.788 bits per heavy atom. The average molecular weight is 952 g/mol. The molecule has 9 nitrogen and oxygen atoms in total. The van der Waals surface area contributed by atoms with E-state index in [0.717, 1.165) is 57.8 Å². The third-order valence-electron chi connectivity index (χ3n) is 12.2. The monoisotopic (exact) mass is 952 g/mol. The first-order chi connectivity index (χ1) is 32.3. The Labute approximate surface area is 407 Å². The van der Waals surface area contributed by atoms with Gasteiger partial charge in [-0.15, -0.1) is 0 Å². The first-order valence-corrected chi connectivity index (χ1v) is 29.5. The van der Waals surface area contributed by atoms with Gasteiger partial charge in [-0.2, -0.15) is 0 Å². The van der Waals surface area contributed by atoms with Gasteiger partial charge in [0.05, 0.1) is 13.2 Å². The van der Waals surface area contributed by atoms with Crippen LogP contribution in [-0.4, -0.2) is 49.3 Å². The molecule has 0 aromatic heterocycles.